The number of allylic oxidation sites excluding steroid dienone is 2. The summed E-state index contributed by atoms with van der Waals surface area (Å²) < 4.78 is 5.20. The van der Waals surface area contributed by atoms with Crippen LogP contribution in [0.15, 0.2) is 11.6 Å². The molecule has 0 unspecified atom stereocenters. The van der Waals surface area contributed by atoms with Crippen LogP contribution in [0.1, 0.15) is 66.2 Å². The van der Waals surface area contributed by atoms with E-state index in [1.54, 1.807) is 0 Å². The second-order valence-corrected chi connectivity index (χ2v) is 11.2. The summed E-state index contributed by atoms with van der Waals surface area (Å²) in [5.41, 5.74) is 0.122. The van der Waals surface area contributed by atoms with Gasteiger partial charge in [-0.25, -0.2) is 0 Å². The topological polar surface area (TPSA) is 80.7 Å². The minimum absolute atomic E-state index is 0.0550. The van der Waals surface area contributed by atoms with E-state index in [2.05, 4.69) is 26.8 Å². The number of fused-ring (bicyclic) bond motifs is 1. The van der Waals surface area contributed by atoms with Crippen molar-refractivity contribution in [1.82, 2.24) is 0 Å². The van der Waals surface area contributed by atoms with Crippen LogP contribution in [0, 0.1) is 51.8 Å². The standard InChI is InChI=1S/C24H32O5/c1-12(2)14-11-24-9-6-15-22(3,7-5-8-23(15,4)21(27)28)16(24)10-13(14)17-18(24)20(26)29-19(17)25/h11-13,15-18H,5-10H2,1-4H3,(H,27,28)/t13-,15+,16+,17+,18+,22+,23-,24+/m1/s1. The Morgan fingerprint density at radius 2 is 1.86 bits per heavy atom. The quantitative estimate of drug-likeness (QED) is 0.427. The van der Waals surface area contributed by atoms with E-state index in [4.69, 9.17) is 4.74 Å². The molecule has 3 saturated carbocycles. The predicted molar refractivity (Wildman–Crippen MR) is 105 cm³/mol. The average Bonchev–Trinajstić information content (AvgIpc) is 2.97. The van der Waals surface area contributed by atoms with Crippen molar-refractivity contribution in [2.75, 3.05) is 0 Å². The lowest BCUT2D eigenvalue weighted by Crippen LogP contribution is -2.65. The maximum atomic E-state index is 12.9. The number of carbonyl (C=O) groups excluding carboxylic acids is 2. The monoisotopic (exact) mass is 400 g/mol. The van der Waals surface area contributed by atoms with Crippen molar-refractivity contribution in [2.24, 2.45) is 51.8 Å². The number of ether oxygens (including phenoxy) is 1. The normalized spacial score (nSPS) is 50.5. The predicted octanol–water partition coefficient (Wildman–Crippen LogP) is 4.21. The van der Waals surface area contributed by atoms with Crippen molar-refractivity contribution in [2.45, 2.75) is 66.2 Å². The molecule has 0 aromatic heterocycles. The molecule has 1 spiro atoms. The molecule has 5 aliphatic carbocycles. The first-order valence-corrected chi connectivity index (χ1v) is 11.3. The molecule has 1 N–H and O–H groups in total. The number of hydrogen-bond acceptors (Lipinski definition) is 4. The van der Waals surface area contributed by atoms with Gasteiger partial charge in [0, 0.05) is 5.41 Å². The molecule has 6 rings (SSSR count). The van der Waals surface area contributed by atoms with Gasteiger partial charge in [-0.3, -0.25) is 14.4 Å². The van der Waals surface area contributed by atoms with E-state index >= 15 is 0 Å². The second kappa shape index (κ2) is 5.73. The fraction of sp³-hybridized carbons (Fsp3) is 0.792. The second-order valence-electron chi connectivity index (χ2n) is 11.2. The highest BCUT2D eigenvalue weighted by molar-refractivity contribution is 5.98. The summed E-state index contributed by atoms with van der Waals surface area (Å²) in [4.78, 5) is 37.8. The Kier molecular flexibility index (Phi) is 3.82. The summed E-state index contributed by atoms with van der Waals surface area (Å²) in [6, 6.07) is 0. The van der Waals surface area contributed by atoms with E-state index in [1.807, 2.05) is 6.92 Å². The van der Waals surface area contributed by atoms with Gasteiger partial charge >= 0.3 is 17.9 Å². The number of carboxylic acids is 1. The number of cyclic esters (lactones) is 2. The summed E-state index contributed by atoms with van der Waals surface area (Å²) in [5.74, 6) is -1.33. The van der Waals surface area contributed by atoms with Gasteiger partial charge in [-0.2, -0.15) is 0 Å². The van der Waals surface area contributed by atoms with Gasteiger partial charge < -0.3 is 9.84 Å². The molecule has 1 aliphatic heterocycles. The maximum absolute atomic E-state index is 12.9. The van der Waals surface area contributed by atoms with Crippen LogP contribution in [-0.4, -0.2) is 23.0 Å². The van der Waals surface area contributed by atoms with Crippen molar-refractivity contribution in [3.05, 3.63) is 11.6 Å². The molecule has 0 radical (unpaired) electrons. The minimum Gasteiger partial charge on any atom is -0.481 e. The molecule has 29 heavy (non-hydrogen) atoms. The summed E-state index contributed by atoms with van der Waals surface area (Å²) in [6.07, 6.45) is 7.48. The number of esters is 2. The smallest absolute Gasteiger partial charge is 0.318 e. The molecule has 6 aliphatic rings. The first-order chi connectivity index (χ1) is 13.6. The lowest BCUT2D eigenvalue weighted by Gasteiger charge is -2.68. The van der Waals surface area contributed by atoms with Gasteiger partial charge in [-0.15, -0.1) is 0 Å². The number of carbonyl (C=O) groups is 3. The van der Waals surface area contributed by atoms with Gasteiger partial charge in [0.25, 0.3) is 0 Å². The zero-order valence-electron chi connectivity index (χ0n) is 17.9. The van der Waals surface area contributed by atoms with Crippen molar-refractivity contribution in [3.8, 4) is 0 Å². The van der Waals surface area contributed by atoms with Gasteiger partial charge in [0.2, 0.25) is 0 Å². The Labute approximate surface area is 172 Å². The van der Waals surface area contributed by atoms with Crippen LogP contribution < -0.4 is 0 Å². The average molecular weight is 401 g/mol. The first kappa shape index (κ1) is 19.3. The Morgan fingerprint density at radius 1 is 1.14 bits per heavy atom. The highest BCUT2D eigenvalue weighted by atomic mass is 16.6. The summed E-state index contributed by atoms with van der Waals surface area (Å²) in [6.45, 7) is 8.56. The zero-order valence-corrected chi connectivity index (χ0v) is 17.9. The van der Waals surface area contributed by atoms with E-state index in [0.29, 0.717) is 5.92 Å². The molecular formula is C24H32O5. The third-order valence-corrected chi connectivity index (χ3v) is 9.89. The molecule has 0 aromatic rings. The third kappa shape index (κ3) is 2.14. The number of hydrogen-bond donors (Lipinski definition) is 1. The van der Waals surface area contributed by atoms with Gasteiger partial charge in [-0.05, 0) is 68.1 Å². The van der Waals surface area contributed by atoms with Crippen molar-refractivity contribution in [1.29, 1.82) is 0 Å². The van der Waals surface area contributed by atoms with Crippen LogP contribution in [0.2, 0.25) is 0 Å². The molecular weight excluding hydrogens is 368 g/mol. The van der Waals surface area contributed by atoms with Crippen LogP contribution in [0.4, 0.5) is 0 Å². The van der Waals surface area contributed by atoms with Crippen LogP contribution >= 0.6 is 0 Å². The molecule has 2 bridgehead atoms. The first-order valence-electron chi connectivity index (χ1n) is 11.3. The molecule has 1 saturated heterocycles. The van der Waals surface area contributed by atoms with E-state index in [-0.39, 0.29) is 52.4 Å². The van der Waals surface area contributed by atoms with E-state index in [9.17, 15) is 19.5 Å². The van der Waals surface area contributed by atoms with Gasteiger partial charge in [0.15, 0.2) is 0 Å². The highest BCUT2D eigenvalue weighted by Crippen LogP contribution is 2.74. The Bertz CT molecular complexity index is 842. The molecule has 1 heterocycles. The van der Waals surface area contributed by atoms with Crippen molar-refractivity contribution < 1.29 is 24.2 Å². The minimum atomic E-state index is -0.707. The molecule has 4 fully saturated rings. The largest absolute Gasteiger partial charge is 0.481 e. The molecule has 5 heteroatoms. The Hall–Kier alpha value is -1.65. The number of carboxylic acid groups (broad SMARTS) is 1. The van der Waals surface area contributed by atoms with E-state index in [0.717, 1.165) is 38.5 Å². The number of rotatable bonds is 2. The Balaban J connectivity index is 1.67. The van der Waals surface area contributed by atoms with Gasteiger partial charge in [0.05, 0.1) is 17.3 Å². The zero-order chi connectivity index (χ0) is 20.9. The van der Waals surface area contributed by atoms with Crippen LogP contribution in [0.3, 0.4) is 0 Å². The third-order valence-electron chi connectivity index (χ3n) is 9.89. The molecule has 0 amide bonds. The highest BCUT2D eigenvalue weighted by Gasteiger charge is 2.73. The molecule has 8 atom stereocenters. The van der Waals surface area contributed by atoms with Gasteiger partial charge in [0.1, 0.15) is 0 Å². The van der Waals surface area contributed by atoms with E-state index in [1.165, 1.54) is 5.57 Å². The lowest BCUT2D eigenvalue weighted by molar-refractivity contribution is -0.195. The van der Waals surface area contributed by atoms with Crippen molar-refractivity contribution >= 4 is 17.9 Å². The molecule has 158 valence electrons. The SMILES string of the molecule is CC(C)C1=C[C@@]23CC[C@H]4[C@](C)(CCC[C@@]4(C)C(=O)O)[C@@H]2C[C@H]1[C@@H]1C(=O)OC(=O)[C@H]13. The van der Waals surface area contributed by atoms with Crippen molar-refractivity contribution in [3.63, 3.8) is 0 Å². The fourth-order valence-electron chi connectivity index (χ4n) is 8.76. The van der Waals surface area contributed by atoms with Crippen LogP contribution in [0.25, 0.3) is 0 Å². The molecule has 5 nitrogen and oxygen atoms in total. The molecule has 0 aromatic carbocycles. The Morgan fingerprint density at radius 3 is 2.52 bits per heavy atom. The summed E-state index contributed by atoms with van der Waals surface area (Å²) in [7, 11) is 0. The summed E-state index contributed by atoms with van der Waals surface area (Å²) in [5, 5.41) is 10.1. The summed E-state index contributed by atoms with van der Waals surface area (Å²) >= 11 is 0. The van der Waals surface area contributed by atoms with E-state index < -0.39 is 11.4 Å². The fourth-order valence-corrected chi connectivity index (χ4v) is 8.76. The number of aliphatic carboxylic acids is 1. The van der Waals surface area contributed by atoms with Crippen LogP contribution in [0.5, 0.6) is 0 Å². The maximum Gasteiger partial charge on any atom is 0.318 e. The lowest BCUT2D eigenvalue weighted by atomic mass is 9.34. The van der Waals surface area contributed by atoms with Gasteiger partial charge in [-0.1, -0.05) is 38.8 Å². The van der Waals surface area contributed by atoms with Crippen LogP contribution in [-0.2, 0) is 19.1 Å².